The molecule has 0 atom stereocenters. The molecule has 0 unspecified atom stereocenters. The first-order valence-corrected chi connectivity index (χ1v) is 5.51. The Morgan fingerprint density at radius 1 is 1.00 bits per heavy atom. The third-order valence-corrected chi connectivity index (χ3v) is 2.18. The average molecular weight is 231 g/mol. The lowest BCUT2D eigenvalue weighted by Gasteiger charge is -2.21. The summed E-state index contributed by atoms with van der Waals surface area (Å²) in [7, 11) is 0. The number of carbonyl (C=O) groups is 2. The van der Waals surface area contributed by atoms with E-state index in [1.165, 1.54) is 0 Å². The highest BCUT2D eigenvalue weighted by atomic mass is 16.4. The molecule has 16 heavy (non-hydrogen) atoms. The fraction of sp³-hybridized carbons (Fsp3) is 0.800. The molecule has 94 valence electrons. The third-order valence-electron chi connectivity index (χ3n) is 2.18. The van der Waals surface area contributed by atoms with E-state index in [9.17, 15) is 9.59 Å². The number of rotatable bonds is 9. The van der Waals surface area contributed by atoms with Gasteiger partial charge in [-0.3, -0.25) is 9.59 Å². The summed E-state index contributed by atoms with van der Waals surface area (Å²) in [6.07, 6.45) is 1.60. The molecule has 6 heteroatoms. The number of unbranched alkanes of at least 4 members (excludes halogenated alkanes) is 1. The Kier molecular flexibility index (Phi) is 8.46. The van der Waals surface area contributed by atoms with Crippen molar-refractivity contribution < 1.29 is 14.7 Å². The van der Waals surface area contributed by atoms with Crippen LogP contribution in [0.1, 0.15) is 25.7 Å². The van der Waals surface area contributed by atoms with Gasteiger partial charge >= 0.3 is 5.97 Å². The molecule has 0 rings (SSSR count). The largest absolute Gasteiger partial charge is 0.481 e. The zero-order valence-corrected chi connectivity index (χ0v) is 9.52. The van der Waals surface area contributed by atoms with Crippen LogP contribution in [0.2, 0.25) is 0 Å². The van der Waals surface area contributed by atoms with Crippen LogP contribution < -0.4 is 11.5 Å². The summed E-state index contributed by atoms with van der Waals surface area (Å²) in [5.41, 5.74) is 10.8. The van der Waals surface area contributed by atoms with Crippen LogP contribution in [0.4, 0.5) is 0 Å². The van der Waals surface area contributed by atoms with Gasteiger partial charge in [0, 0.05) is 39.0 Å². The number of aliphatic carboxylic acids is 1. The molecule has 0 aliphatic heterocycles. The molecule has 0 saturated carbocycles. The lowest BCUT2D eigenvalue weighted by molar-refractivity contribution is -0.137. The molecule has 0 fully saturated rings. The highest BCUT2D eigenvalue weighted by molar-refractivity contribution is 5.76. The molecule has 6 nitrogen and oxygen atoms in total. The van der Waals surface area contributed by atoms with Crippen LogP contribution in [-0.2, 0) is 9.59 Å². The minimum atomic E-state index is -0.826. The zero-order valence-electron chi connectivity index (χ0n) is 9.52. The van der Waals surface area contributed by atoms with Crippen LogP contribution in [0.3, 0.4) is 0 Å². The summed E-state index contributed by atoms with van der Waals surface area (Å²) in [5, 5.41) is 8.43. The highest BCUT2D eigenvalue weighted by Crippen LogP contribution is 2.03. The molecule has 1 amide bonds. The van der Waals surface area contributed by atoms with Crippen molar-refractivity contribution >= 4 is 11.9 Å². The third kappa shape index (κ3) is 7.19. The molecular formula is C10H21N3O3. The smallest absolute Gasteiger partial charge is 0.303 e. The summed E-state index contributed by atoms with van der Waals surface area (Å²) in [4.78, 5) is 23.5. The van der Waals surface area contributed by atoms with Crippen molar-refractivity contribution in [2.75, 3.05) is 26.2 Å². The minimum Gasteiger partial charge on any atom is -0.481 e. The number of hydrogen-bond donors (Lipinski definition) is 3. The Balaban J connectivity index is 3.77. The van der Waals surface area contributed by atoms with E-state index in [1.807, 2.05) is 0 Å². The highest BCUT2D eigenvalue weighted by Gasteiger charge is 2.11. The number of carboxylic acid groups (broad SMARTS) is 1. The van der Waals surface area contributed by atoms with Crippen LogP contribution in [-0.4, -0.2) is 48.1 Å². The van der Waals surface area contributed by atoms with E-state index < -0.39 is 5.97 Å². The van der Waals surface area contributed by atoms with E-state index in [4.69, 9.17) is 16.6 Å². The number of carbonyl (C=O) groups excluding carboxylic acids is 1. The first-order chi connectivity index (χ1) is 7.61. The first kappa shape index (κ1) is 14.9. The molecule has 0 heterocycles. The van der Waals surface area contributed by atoms with Crippen LogP contribution in [0, 0.1) is 0 Å². The van der Waals surface area contributed by atoms with Gasteiger partial charge in [0.25, 0.3) is 0 Å². The number of hydrogen-bond acceptors (Lipinski definition) is 4. The summed E-state index contributed by atoms with van der Waals surface area (Å²) < 4.78 is 0. The fourth-order valence-corrected chi connectivity index (χ4v) is 1.38. The van der Waals surface area contributed by atoms with E-state index >= 15 is 0 Å². The Morgan fingerprint density at radius 2 is 1.50 bits per heavy atom. The Labute approximate surface area is 95.6 Å². The molecule has 0 bridgehead atoms. The predicted octanol–water partition coefficient (Wildman–Crippen LogP) is -0.623. The van der Waals surface area contributed by atoms with Crippen LogP contribution in [0.15, 0.2) is 0 Å². The maximum atomic E-state index is 11.6. The van der Waals surface area contributed by atoms with Crippen LogP contribution >= 0.6 is 0 Å². The lowest BCUT2D eigenvalue weighted by Crippen LogP contribution is -2.38. The molecule has 0 aliphatic carbocycles. The number of amides is 1. The van der Waals surface area contributed by atoms with Gasteiger partial charge in [-0.05, 0) is 12.8 Å². The summed E-state index contributed by atoms with van der Waals surface area (Å²) in [5.74, 6) is -0.825. The molecule has 5 N–H and O–H groups in total. The van der Waals surface area contributed by atoms with Crippen molar-refractivity contribution in [3.63, 3.8) is 0 Å². The second-order valence-corrected chi connectivity index (χ2v) is 3.56. The van der Waals surface area contributed by atoms with E-state index in [-0.39, 0.29) is 12.3 Å². The Morgan fingerprint density at radius 3 is 1.94 bits per heavy atom. The van der Waals surface area contributed by atoms with Gasteiger partial charge in [-0.25, -0.2) is 0 Å². The van der Waals surface area contributed by atoms with E-state index in [0.717, 1.165) is 0 Å². The van der Waals surface area contributed by atoms with Crippen LogP contribution in [0.5, 0.6) is 0 Å². The summed E-state index contributed by atoms with van der Waals surface area (Å²) >= 11 is 0. The predicted molar refractivity (Wildman–Crippen MR) is 60.8 cm³/mol. The molecule has 0 saturated heterocycles. The fourth-order valence-electron chi connectivity index (χ4n) is 1.38. The van der Waals surface area contributed by atoms with Crippen LogP contribution in [0.25, 0.3) is 0 Å². The number of nitrogens with two attached hydrogens (primary N) is 2. The van der Waals surface area contributed by atoms with Gasteiger partial charge in [-0.15, -0.1) is 0 Å². The van der Waals surface area contributed by atoms with Crippen molar-refractivity contribution in [1.82, 2.24) is 4.90 Å². The van der Waals surface area contributed by atoms with E-state index in [1.54, 1.807) is 4.90 Å². The second kappa shape index (κ2) is 9.11. The van der Waals surface area contributed by atoms with Gasteiger partial charge in [0.05, 0.1) is 0 Å². The van der Waals surface area contributed by atoms with Crippen molar-refractivity contribution in [2.45, 2.75) is 25.7 Å². The van der Waals surface area contributed by atoms with Gasteiger partial charge < -0.3 is 21.5 Å². The normalized spacial score (nSPS) is 10.1. The SMILES string of the molecule is NCCN(CCN)C(=O)CCCCC(=O)O. The van der Waals surface area contributed by atoms with Crippen molar-refractivity contribution in [3.05, 3.63) is 0 Å². The maximum Gasteiger partial charge on any atom is 0.303 e. The molecule has 0 aromatic carbocycles. The molecular weight excluding hydrogens is 210 g/mol. The van der Waals surface area contributed by atoms with Crippen molar-refractivity contribution in [3.8, 4) is 0 Å². The van der Waals surface area contributed by atoms with Gasteiger partial charge in [0.15, 0.2) is 0 Å². The van der Waals surface area contributed by atoms with Gasteiger partial charge in [-0.1, -0.05) is 0 Å². The second-order valence-electron chi connectivity index (χ2n) is 3.56. The van der Waals surface area contributed by atoms with Gasteiger partial charge in [0.1, 0.15) is 0 Å². The van der Waals surface area contributed by atoms with E-state index in [0.29, 0.717) is 45.4 Å². The first-order valence-electron chi connectivity index (χ1n) is 5.51. The minimum absolute atomic E-state index is 0.00119. The molecule has 0 spiro atoms. The average Bonchev–Trinajstić information content (AvgIpc) is 2.23. The Bertz CT molecular complexity index is 215. The topological polar surface area (TPSA) is 110 Å². The van der Waals surface area contributed by atoms with Gasteiger partial charge in [-0.2, -0.15) is 0 Å². The lowest BCUT2D eigenvalue weighted by atomic mass is 10.2. The van der Waals surface area contributed by atoms with Crippen molar-refractivity contribution in [2.24, 2.45) is 11.5 Å². The maximum absolute atomic E-state index is 11.6. The molecule has 0 aromatic heterocycles. The summed E-state index contributed by atoms with van der Waals surface area (Å²) in [6, 6.07) is 0. The standard InChI is InChI=1S/C10H21N3O3/c11-5-7-13(8-6-12)9(14)3-1-2-4-10(15)16/h1-8,11-12H2,(H,15,16). The molecule has 0 aliphatic rings. The van der Waals surface area contributed by atoms with Crippen molar-refractivity contribution in [1.29, 1.82) is 0 Å². The Hall–Kier alpha value is -1.14. The molecule has 0 radical (unpaired) electrons. The monoisotopic (exact) mass is 231 g/mol. The quantitative estimate of drug-likeness (QED) is 0.458. The number of nitrogens with zero attached hydrogens (tertiary/aromatic N) is 1. The zero-order chi connectivity index (χ0) is 12.4. The number of carboxylic acids is 1. The van der Waals surface area contributed by atoms with E-state index in [2.05, 4.69) is 0 Å². The summed E-state index contributed by atoms with van der Waals surface area (Å²) in [6.45, 7) is 1.85. The van der Waals surface area contributed by atoms with Gasteiger partial charge in [0.2, 0.25) is 5.91 Å². The molecule has 0 aromatic rings.